The molecule has 1 saturated carbocycles. The summed E-state index contributed by atoms with van der Waals surface area (Å²) in [6.45, 7) is 0.529. The lowest BCUT2D eigenvalue weighted by Gasteiger charge is -2.31. The van der Waals surface area contributed by atoms with E-state index in [0.717, 1.165) is 12.8 Å². The molecule has 0 aromatic rings. The van der Waals surface area contributed by atoms with E-state index in [2.05, 4.69) is 4.99 Å². The highest BCUT2D eigenvalue weighted by molar-refractivity contribution is 6.12. The molecule has 1 N–H and O–H groups in total. The molecule has 0 radical (unpaired) electrons. The fraction of sp³-hybridized carbons (Fsp3) is 0.647. The third kappa shape index (κ3) is 3.48. The average molecular weight is 378 g/mol. The van der Waals surface area contributed by atoms with Gasteiger partial charge in [-0.25, -0.2) is 13.6 Å². The first-order valence-electron chi connectivity index (χ1n) is 8.45. The molecule has 0 aromatic carbocycles. The van der Waals surface area contributed by atoms with Gasteiger partial charge in [0.25, 0.3) is 6.43 Å². The molecule has 0 bridgehead atoms. The van der Waals surface area contributed by atoms with Crippen LogP contribution in [0.1, 0.15) is 32.1 Å². The van der Waals surface area contributed by atoms with Crippen LogP contribution in [-0.4, -0.2) is 53.9 Å². The second-order valence-corrected chi connectivity index (χ2v) is 6.95. The van der Waals surface area contributed by atoms with E-state index in [-0.39, 0.29) is 23.5 Å². The first-order chi connectivity index (χ1) is 12.1. The van der Waals surface area contributed by atoms with Crippen LogP contribution in [0.2, 0.25) is 0 Å². The number of aliphatic carboxylic acids is 1. The Bertz CT molecular complexity index is 704. The van der Waals surface area contributed by atoms with Crippen molar-refractivity contribution in [2.75, 3.05) is 13.6 Å². The Morgan fingerprint density at radius 3 is 2.42 bits per heavy atom. The lowest BCUT2D eigenvalue weighted by Crippen LogP contribution is -2.38. The number of hydrogen-bond acceptors (Lipinski definition) is 3. The van der Waals surface area contributed by atoms with Gasteiger partial charge in [-0.1, -0.05) is 0 Å². The number of allylic oxidation sites excluding steroid dienone is 3. The molecule has 1 saturated heterocycles. The molecule has 1 atom stereocenters. The first kappa shape index (κ1) is 18.8. The fourth-order valence-corrected chi connectivity index (χ4v) is 3.64. The summed E-state index contributed by atoms with van der Waals surface area (Å²) in [5.74, 6) is -1.60. The number of nitrogens with zero attached hydrogens (tertiary/aromatic N) is 2. The Balaban J connectivity index is 2.27. The van der Waals surface area contributed by atoms with Gasteiger partial charge in [0.15, 0.2) is 0 Å². The Labute approximate surface area is 147 Å². The predicted molar refractivity (Wildman–Crippen MR) is 84.2 cm³/mol. The smallest absolute Gasteiger partial charge is 0.433 e. The van der Waals surface area contributed by atoms with Gasteiger partial charge in [-0.3, -0.25) is 4.99 Å². The lowest BCUT2D eigenvalue weighted by atomic mass is 9.84. The van der Waals surface area contributed by atoms with Gasteiger partial charge in [-0.2, -0.15) is 13.2 Å². The van der Waals surface area contributed by atoms with Crippen molar-refractivity contribution in [1.82, 2.24) is 4.90 Å². The van der Waals surface area contributed by atoms with Crippen molar-refractivity contribution in [1.29, 1.82) is 0 Å². The summed E-state index contributed by atoms with van der Waals surface area (Å²) in [5, 5.41) is 9.50. The van der Waals surface area contributed by atoms with E-state index < -0.39 is 35.9 Å². The van der Waals surface area contributed by atoms with E-state index in [1.807, 2.05) is 0 Å². The molecule has 2 heterocycles. The van der Waals surface area contributed by atoms with Crippen LogP contribution in [0.3, 0.4) is 0 Å². The minimum Gasteiger partial charge on any atom is -0.478 e. The zero-order valence-electron chi connectivity index (χ0n) is 14.1. The van der Waals surface area contributed by atoms with E-state index in [1.165, 1.54) is 0 Å². The molecule has 4 nitrogen and oxygen atoms in total. The summed E-state index contributed by atoms with van der Waals surface area (Å²) in [4.78, 5) is 16.5. The monoisotopic (exact) mass is 378 g/mol. The molecule has 2 fully saturated rings. The van der Waals surface area contributed by atoms with E-state index in [1.54, 1.807) is 11.9 Å². The molecule has 0 amide bonds. The lowest BCUT2D eigenvalue weighted by molar-refractivity contribution is -0.133. The summed E-state index contributed by atoms with van der Waals surface area (Å²) in [6.07, 6.45) is -5.72. The highest BCUT2D eigenvalue weighted by Crippen LogP contribution is 2.45. The van der Waals surface area contributed by atoms with E-state index >= 15 is 0 Å². The summed E-state index contributed by atoms with van der Waals surface area (Å²) in [7, 11) is 1.62. The number of hydrogen-bond donors (Lipinski definition) is 1. The average Bonchev–Trinajstić information content (AvgIpc) is 3.24. The molecule has 9 heteroatoms. The third-order valence-corrected chi connectivity index (χ3v) is 5.01. The van der Waals surface area contributed by atoms with E-state index in [0.29, 0.717) is 25.1 Å². The maximum atomic E-state index is 13.7. The Hall–Kier alpha value is -1.93. The van der Waals surface area contributed by atoms with Crippen LogP contribution < -0.4 is 0 Å². The number of carbonyl (C=O) groups is 1. The molecular weight excluding hydrogens is 359 g/mol. The van der Waals surface area contributed by atoms with Crippen LogP contribution >= 0.6 is 0 Å². The van der Waals surface area contributed by atoms with Crippen molar-refractivity contribution >= 4 is 11.7 Å². The minimum atomic E-state index is -4.93. The molecule has 1 aliphatic carbocycles. The Morgan fingerprint density at radius 2 is 2.00 bits per heavy atom. The molecule has 144 valence electrons. The second kappa shape index (κ2) is 6.66. The van der Waals surface area contributed by atoms with Gasteiger partial charge >= 0.3 is 12.1 Å². The van der Waals surface area contributed by atoms with Crippen LogP contribution in [-0.2, 0) is 4.79 Å². The maximum Gasteiger partial charge on any atom is 0.433 e. The Morgan fingerprint density at radius 1 is 1.35 bits per heavy atom. The number of dihydropyridines is 1. The summed E-state index contributed by atoms with van der Waals surface area (Å²) >= 11 is 0. The largest absolute Gasteiger partial charge is 0.478 e. The van der Waals surface area contributed by atoms with Gasteiger partial charge in [0.1, 0.15) is 11.8 Å². The Kier molecular flexibility index (Phi) is 4.83. The highest BCUT2D eigenvalue weighted by atomic mass is 19.4. The van der Waals surface area contributed by atoms with Crippen molar-refractivity contribution in [3.8, 4) is 0 Å². The summed E-state index contributed by atoms with van der Waals surface area (Å²) in [6, 6.07) is -2.30. The van der Waals surface area contributed by atoms with Crippen LogP contribution in [0.25, 0.3) is 0 Å². The molecule has 3 aliphatic rings. The van der Waals surface area contributed by atoms with Crippen LogP contribution in [0.4, 0.5) is 22.0 Å². The predicted octanol–water partition coefficient (Wildman–Crippen LogP) is 3.80. The van der Waals surface area contributed by atoms with Crippen molar-refractivity contribution in [2.45, 2.75) is 50.7 Å². The zero-order chi connectivity index (χ0) is 19.2. The number of carboxylic acid groups (broad SMARTS) is 1. The standard InChI is InChI=1S/C17H19F5N2O2/c1-24-6-2-3-10(24)11-9(7-8-4-5-8)12(16(25)26)13(15(18)19)23-14(11)17(20,21)22/h8,13,15H,2-7H2,1H3,(H,25,26)/b11-10+. The maximum absolute atomic E-state index is 13.7. The number of halogens is 5. The molecule has 0 spiro atoms. The molecule has 3 rings (SSSR count). The van der Waals surface area contributed by atoms with E-state index in [4.69, 9.17) is 0 Å². The zero-order valence-corrected chi connectivity index (χ0v) is 14.1. The van der Waals surface area contributed by atoms with Gasteiger partial charge < -0.3 is 10.0 Å². The first-order valence-corrected chi connectivity index (χ1v) is 8.45. The number of alkyl halides is 5. The van der Waals surface area contributed by atoms with Crippen LogP contribution in [0.5, 0.6) is 0 Å². The molecular formula is C17H19F5N2O2. The normalized spacial score (nSPS) is 27.4. The fourth-order valence-electron chi connectivity index (χ4n) is 3.64. The van der Waals surface area contributed by atoms with Gasteiger partial charge in [-0.15, -0.1) is 0 Å². The third-order valence-electron chi connectivity index (χ3n) is 5.01. The van der Waals surface area contributed by atoms with Crippen LogP contribution in [0.15, 0.2) is 27.4 Å². The number of likely N-dealkylation sites (tertiary alicyclic amines) is 1. The minimum absolute atomic E-state index is 0.0348. The molecule has 0 aromatic heterocycles. The highest BCUT2D eigenvalue weighted by Gasteiger charge is 2.48. The topological polar surface area (TPSA) is 52.9 Å². The van der Waals surface area contributed by atoms with Gasteiger partial charge in [0, 0.05) is 24.9 Å². The van der Waals surface area contributed by atoms with E-state index in [9.17, 15) is 31.9 Å². The number of aliphatic imine (C=N–C) groups is 1. The molecule has 2 aliphatic heterocycles. The molecule has 26 heavy (non-hydrogen) atoms. The second-order valence-electron chi connectivity index (χ2n) is 6.95. The van der Waals surface area contributed by atoms with Gasteiger partial charge in [0.05, 0.1) is 5.57 Å². The van der Waals surface area contributed by atoms with Crippen molar-refractivity contribution in [3.05, 3.63) is 22.4 Å². The van der Waals surface area contributed by atoms with Gasteiger partial charge in [-0.05, 0) is 43.6 Å². The summed E-state index contributed by atoms with van der Waals surface area (Å²) < 4.78 is 67.8. The SMILES string of the molecule is CN1CCC/C1=C1\C(C(F)(F)F)=NC(C(F)F)C(C(=O)O)=C1CC1CC1. The summed E-state index contributed by atoms with van der Waals surface area (Å²) in [5.41, 5.74) is -2.13. The number of carboxylic acids is 1. The number of rotatable bonds is 4. The van der Waals surface area contributed by atoms with Crippen molar-refractivity contribution in [2.24, 2.45) is 10.9 Å². The quantitative estimate of drug-likeness (QED) is 0.758. The van der Waals surface area contributed by atoms with Crippen molar-refractivity contribution < 1.29 is 31.9 Å². The van der Waals surface area contributed by atoms with Crippen molar-refractivity contribution in [3.63, 3.8) is 0 Å². The van der Waals surface area contributed by atoms with Gasteiger partial charge in [0.2, 0.25) is 0 Å². The van der Waals surface area contributed by atoms with Crippen LogP contribution in [0, 0.1) is 5.92 Å². The molecule has 1 unspecified atom stereocenters.